The van der Waals surface area contributed by atoms with Crippen LogP contribution in [0.5, 0.6) is 5.75 Å². The van der Waals surface area contributed by atoms with Crippen molar-refractivity contribution in [2.75, 3.05) is 20.8 Å². The Kier molecular flexibility index (Phi) is 5.49. The molecule has 116 valence electrons. The number of benzene rings is 1. The Morgan fingerprint density at radius 1 is 1.18 bits per heavy atom. The molecule has 1 aromatic heterocycles. The second-order valence-electron chi connectivity index (χ2n) is 4.83. The van der Waals surface area contributed by atoms with Crippen LogP contribution < -0.4 is 10.3 Å². The number of nitrogens with zero attached hydrogens (tertiary/aromatic N) is 1. The lowest BCUT2D eigenvalue weighted by atomic mass is 10.1. The third-order valence-electron chi connectivity index (χ3n) is 3.43. The van der Waals surface area contributed by atoms with E-state index in [1.54, 1.807) is 30.9 Å². The Labute approximate surface area is 129 Å². The van der Waals surface area contributed by atoms with Gasteiger partial charge in [-0.3, -0.25) is 9.59 Å². The molecule has 0 aliphatic carbocycles. The fraction of sp³-hybridized carbons (Fsp3) is 0.294. The number of carbonyl (C=O) groups excluding carboxylic acids is 1. The average Bonchev–Trinajstić information content (AvgIpc) is 2.56. The number of aromatic nitrogens is 1. The average molecular weight is 301 g/mol. The Morgan fingerprint density at radius 3 is 2.68 bits per heavy atom. The molecule has 0 fully saturated rings. The highest BCUT2D eigenvalue weighted by atomic mass is 16.5. The molecule has 0 bridgehead atoms. The van der Waals surface area contributed by atoms with Gasteiger partial charge < -0.3 is 14.0 Å². The topological polar surface area (TPSA) is 57.5 Å². The van der Waals surface area contributed by atoms with Gasteiger partial charge in [0.05, 0.1) is 18.4 Å². The quantitative estimate of drug-likeness (QED) is 0.582. The molecule has 2 aromatic rings. The molecule has 5 nitrogen and oxygen atoms in total. The molecule has 0 spiro atoms. The predicted molar refractivity (Wildman–Crippen MR) is 84.6 cm³/mol. The van der Waals surface area contributed by atoms with E-state index in [2.05, 4.69) is 0 Å². The van der Waals surface area contributed by atoms with Gasteiger partial charge in [0, 0.05) is 25.8 Å². The standard InChI is InChI=1S/C17H19NO4/c1-21-10-4-9-18-16(8-7-14(12-19)17(18)20)13-5-3-6-15(11-13)22-2/h3,5-8,11-12H,4,9-10H2,1-2H3. The maximum Gasteiger partial charge on any atom is 0.261 e. The molecule has 0 radical (unpaired) electrons. The van der Waals surface area contributed by atoms with Crippen molar-refractivity contribution in [3.05, 3.63) is 52.3 Å². The van der Waals surface area contributed by atoms with Crippen molar-refractivity contribution < 1.29 is 14.3 Å². The Morgan fingerprint density at radius 2 is 2.00 bits per heavy atom. The molecule has 0 aliphatic rings. The van der Waals surface area contributed by atoms with Crippen molar-refractivity contribution >= 4 is 6.29 Å². The van der Waals surface area contributed by atoms with Gasteiger partial charge in [-0.25, -0.2) is 0 Å². The SMILES string of the molecule is COCCCn1c(-c2cccc(OC)c2)ccc(C=O)c1=O. The zero-order valence-corrected chi connectivity index (χ0v) is 12.7. The third-order valence-corrected chi connectivity index (χ3v) is 3.43. The highest BCUT2D eigenvalue weighted by Gasteiger charge is 2.10. The lowest BCUT2D eigenvalue weighted by molar-refractivity contribution is 0.112. The van der Waals surface area contributed by atoms with E-state index in [0.717, 1.165) is 11.3 Å². The summed E-state index contributed by atoms with van der Waals surface area (Å²) >= 11 is 0. The summed E-state index contributed by atoms with van der Waals surface area (Å²) in [6.45, 7) is 1.04. The third kappa shape index (κ3) is 3.43. The summed E-state index contributed by atoms with van der Waals surface area (Å²) in [5.41, 5.74) is 1.49. The van der Waals surface area contributed by atoms with Gasteiger partial charge in [0.2, 0.25) is 0 Å². The van der Waals surface area contributed by atoms with Crippen LogP contribution in [0.1, 0.15) is 16.8 Å². The van der Waals surface area contributed by atoms with Crippen LogP contribution in [0.25, 0.3) is 11.3 Å². The van der Waals surface area contributed by atoms with Crippen LogP contribution >= 0.6 is 0 Å². The highest BCUT2D eigenvalue weighted by molar-refractivity contribution is 5.75. The molecule has 0 atom stereocenters. The van der Waals surface area contributed by atoms with Crippen molar-refractivity contribution in [2.45, 2.75) is 13.0 Å². The summed E-state index contributed by atoms with van der Waals surface area (Å²) in [7, 11) is 3.22. The van der Waals surface area contributed by atoms with Crippen LogP contribution in [0.3, 0.4) is 0 Å². The second kappa shape index (κ2) is 7.56. The fourth-order valence-corrected chi connectivity index (χ4v) is 2.31. The van der Waals surface area contributed by atoms with Crippen molar-refractivity contribution in [3.8, 4) is 17.0 Å². The first-order chi connectivity index (χ1) is 10.7. The summed E-state index contributed by atoms with van der Waals surface area (Å²) in [6.07, 6.45) is 1.28. The van der Waals surface area contributed by atoms with E-state index in [1.807, 2.05) is 24.3 Å². The Hall–Kier alpha value is -2.40. The summed E-state index contributed by atoms with van der Waals surface area (Å²) < 4.78 is 11.9. The minimum absolute atomic E-state index is 0.157. The second-order valence-corrected chi connectivity index (χ2v) is 4.83. The van der Waals surface area contributed by atoms with Gasteiger partial charge in [-0.1, -0.05) is 12.1 Å². The van der Waals surface area contributed by atoms with Gasteiger partial charge in [0.25, 0.3) is 5.56 Å². The first-order valence-electron chi connectivity index (χ1n) is 7.03. The minimum atomic E-state index is -0.286. The normalized spacial score (nSPS) is 10.5. The van der Waals surface area contributed by atoms with Crippen molar-refractivity contribution in [3.63, 3.8) is 0 Å². The zero-order chi connectivity index (χ0) is 15.9. The number of methoxy groups -OCH3 is 2. The molecule has 0 amide bonds. The van der Waals surface area contributed by atoms with Gasteiger partial charge in [-0.05, 0) is 30.7 Å². The van der Waals surface area contributed by atoms with Crippen molar-refractivity contribution in [2.24, 2.45) is 0 Å². The number of hydrogen-bond acceptors (Lipinski definition) is 4. The fourth-order valence-electron chi connectivity index (χ4n) is 2.31. The molecule has 0 saturated carbocycles. The number of pyridine rings is 1. The number of ether oxygens (including phenoxy) is 2. The Balaban J connectivity index is 2.51. The van der Waals surface area contributed by atoms with E-state index in [0.29, 0.717) is 31.6 Å². The first kappa shape index (κ1) is 16.0. The summed E-state index contributed by atoms with van der Waals surface area (Å²) in [5.74, 6) is 0.716. The van der Waals surface area contributed by atoms with Crippen molar-refractivity contribution in [1.82, 2.24) is 4.57 Å². The summed E-state index contributed by atoms with van der Waals surface area (Å²) in [5, 5.41) is 0. The van der Waals surface area contributed by atoms with E-state index in [4.69, 9.17) is 9.47 Å². The summed E-state index contributed by atoms with van der Waals surface area (Å²) in [6, 6.07) is 10.8. The smallest absolute Gasteiger partial charge is 0.261 e. The lowest BCUT2D eigenvalue weighted by Crippen LogP contribution is -2.25. The van der Waals surface area contributed by atoms with Crippen LogP contribution in [-0.2, 0) is 11.3 Å². The molecule has 1 heterocycles. The van der Waals surface area contributed by atoms with Gasteiger partial charge in [0.15, 0.2) is 6.29 Å². The van der Waals surface area contributed by atoms with Gasteiger partial charge in [-0.2, -0.15) is 0 Å². The van der Waals surface area contributed by atoms with Crippen LogP contribution in [-0.4, -0.2) is 31.7 Å². The van der Waals surface area contributed by atoms with E-state index in [1.165, 1.54) is 0 Å². The van der Waals surface area contributed by atoms with E-state index >= 15 is 0 Å². The van der Waals surface area contributed by atoms with Gasteiger partial charge in [0.1, 0.15) is 5.75 Å². The van der Waals surface area contributed by atoms with Crippen LogP contribution in [0.4, 0.5) is 0 Å². The molecule has 2 rings (SSSR count). The minimum Gasteiger partial charge on any atom is -0.497 e. The molecule has 0 unspecified atom stereocenters. The van der Waals surface area contributed by atoms with E-state index in [9.17, 15) is 9.59 Å². The largest absolute Gasteiger partial charge is 0.497 e. The summed E-state index contributed by atoms with van der Waals surface area (Å²) in [4.78, 5) is 23.4. The first-order valence-corrected chi connectivity index (χ1v) is 7.03. The lowest BCUT2D eigenvalue weighted by Gasteiger charge is -2.14. The monoisotopic (exact) mass is 301 g/mol. The highest BCUT2D eigenvalue weighted by Crippen LogP contribution is 2.23. The molecule has 0 N–H and O–H groups in total. The van der Waals surface area contributed by atoms with Gasteiger partial charge in [-0.15, -0.1) is 0 Å². The Bertz CT molecular complexity index is 706. The number of carbonyl (C=O) groups is 1. The predicted octanol–water partition coefficient (Wildman–Crippen LogP) is 2.37. The van der Waals surface area contributed by atoms with Crippen LogP contribution in [0, 0.1) is 0 Å². The van der Waals surface area contributed by atoms with E-state index < -0.39 is 0 Å². The molecular formula is C17H19NO4. The number of rotatable bonds is 7. The molecule has 1 aromatic carbocycles. The number of hydrogen-bond donors (Lipinski definition) is 0. The molecule has 5 heteroatoms. The molecule has 0 aliphatic heterocycles. The molecular weight excluding hydrogens is 282 g/mol. The molecule has 0 saturated heterocycles. The van der Waals surface area contributed by atoms with Crippen LogP contribution in [0.2, 0.25) is 0 Å². The zero-order valence-electron chi connectivity index (χ0n) is 12.7. The van der Waals surface area contributed by atoms with E-state index in [-0.39, 0.29) is 11.1 Å². The van der Waals surface area contributed by atoms with Gasteiger partial charge >= 0.3 is 0 Å². The maximum absolute atomic E-state index is 12.4. The van der Waals surface area contributed by atoms with Crippen molar-refractivity contribution in [1.29, 1.82) is 0 Å². The molecule has 22 heavy (non-hydrogen) atoms. The maximum atomic E-state index is 12.4. The number of aldehydes is 1. The van der Waals surface area contributed by atoms with Crippen LogP contribution in [0.15, 0.2) is 41.2 Å².